The second kappa shape index (κ2) is 11.8. The summed E-state index contributed by atoms with van der Waals surface area (Å²) in [7, 11) is 7.16. The van der Waals surface area contributed by atoms with E-state index in [9.17, 15) is 0 Å². The van der Waals surface area contributed by atoms with Crippen molar-refractivity contribution < 1.29 is 9.47 Å². The quantitative estimate of drug-likeness (QED) is 0.271. The van der Waals surface area contributed by atoms with Gasteiger partial charge in [-0.15, -0.1) is 24.0 Å². The maximum Gasteiger partial charge on any atom is 0.193 e. The highest BCUT2D eigenvalue weighted by Crippen LogP contribution is 2.27. The first-order chi connectivity index (χ1) is 14.5. The fraction of sp³-hybridized carbons (Fsp3) is 0.391. The van der Waals surface area contributed by atoms with Gasteiger partial charge in [-0.05, 0) is 42.7 Å². The van der Waals surface area contributed by atoms with Crippen LogP contribution in [0.2, 0.25) is 0 Å². The molecule has 0 aliphatic heterocycles. The minimum Gasteiger partial charge on any atom is -0.493 e. The highest BCUT2D eigenvalue weighted by atomic mass is 127. The van der Waals surface area contributed by atoms with Crippen molar-refractivity contribution >= 4 is 35.6 Å². The second-order valence-electron chi connectivity index (χ2n) is 7.24. The summed E-state index contributed by atoms with van der Waals surface area (Å²) in [5, 5.41) is 3.44. The standard InChI is InChI=1S/C23H31N5O2.HI/c1-17-7-6-13-28-16-19(26-22(17)28)10-12-25-23(24-2)27(3)14-11-18-8-9-20(29-4)21(15-18)30-5;/h6-9,13,15-16H,10-12,14H2,1-5H3,(H,24,25);1H. The van der Waals surface area contributed by atoms with Gasteiger partial charge in [0.15, 0.2) is 17.5 Å². The van der Waals surface area contributed by atoms with Gasteiger partial charge in [-0.2, -0.15) is 0 Å². The smallest absolute Gasteiger partial charge is 0.193 e. The number of ether oxygens (including phenoxy) is 2. The van der Waals surface area contributed by atoms with Crippen molar-refractivity contribution in [2.24, 2.45) is 4.99 Å². The molecule has 2 aromatic heterocycles. The van der Waals surface area contributed by atoms with Gasteiger partial charge >= 0.3 is 0 Å². The Morgan fingerprint density at radius 3 is 2.61 bits per heavy atom. The summed E-state index contributed by atoms with van der Waals surface area (Å²) in [6.07, 6.45) is 5.84. The van der Waals surface area contributed by atoms with E-state index in [1.54, 1.807) is 14.2 Å². The molecule has 0 unspecified atom stereocenters. The number of aromatic nitrogens is 2. The van der Waals surface area contributed by atoms with E-state index in [2.05, 4.69) is 44.9 Å². The van der Waals surface area contributed by atoms with E-state index >= 15 is 0 Å². The van der Waals surface area contributed by atoms with Crippen LogP contribution >= 0.6 is 24.0 Å². The van der Waals surface area contributed by atoms with E-state index in [1.807, 2.05) is 38.5 Å². The summed E-state index contributed by atoms with van der Waals surface area (Å²) >= 11 is 0. The summed E-state index contributed by atoms with van der Waals surface area (Å²) < 4.78 is 12.8. The molecule has 0 amide bonds. The summed E-state index contributed by atoms with van der Waals surface area (Å²) in [4.78, 5) is 11.3. The topological polar surface area (TPSA) is 63.4 Å². The van der Waals surface area contributed by atoms with Gasteiger partial charge in [0.05, 0.1) is 19.9 Å². The molecule has 0 saturated heterocycles. The van der Waals surface area contributed by atoms with E-state index in [1.165, 1.54) is 11.1 Å². The average molecular weight is 537 g/mol. The first-order valence-electron chi connectivity index (χ1n) is 10.1. The highest BCUT2D eigenvalue weighted by molar-refractivity contribution is 14.0. The van der Waals surface area contributed by atoms with Crippen molar-refractivity contribution in [2.45, 2.75) is 19.8 Å². The van der Waals surface area contributed by atoms with E-state index in [-0.39, 0.29) is 24.0 Å². The molecule has 3 aromatic rings. The van der Waals surface area contributed by atoms with Crippen LogP contribution in [-0.4, -0.2) is 61.6 Å². The number of guanidine groups is 1. The van der Waals surface area contributed by atoms with Crippen LogP contribution in [0.5, 0.6) is 11.5 Å². The third-order valence-corrected chi connectivity index (χ3v) is 5.15. The molecule has 31 heavy (non-hydrogen) atoms. The van der Waals surface area contributed by atoms with Crippen LogP contribution in [-0.2, 0) is 12.8 Å². The Balaban J connectivity index is 0.00000341. The van der Waals surface area contributed by atoms with Crippen LogP contribution in [0.3, 0.4) is 0 Å². The Kier molecular flexibility index (Phi) is 9.42. The lowest BCUT2D eigenvalue weighted by Gasteiger charge is -2.22. The SMILES string of the molecule is CN=C(NCCc1cn2cccc(C)c2n1)N(C)CCc1ccc(OC)c(OC)c1.I. The van der Waals surface area contributed by atoms with Gasteiger partial charge in [-0.3, -0.25) is 4.99 Å². The third-order valence-electron chi connectivity index (χ3n) is 5.15. The molecule has 0 spiro atoms. The van der Waals surface area contributed by atoms with E-state index in [0.29, 0.717) is 0 Å². The Morgan fingerprint density at radius 1 is 1.16 bits per heavy atom. The maximum atomic E-state index is 5.39. The number of halogens is 1. The Hall–Kier alpha value is -2.49. The van der Waals surface area contributed by atoms with Crippen molar-refractivity contribution in [3.05, 3.63) is 59.5 Å². The average Bonchev–Trinajstić information content (AvgIpc) is 3.19. The van der Waals surface area contributed by atoms with Crippen molar-refractivity contribution in [3.8, 4) is 11.5 Å². The van der Waals surface area contributed by atoms with E-state index < -0.39 is 0 Å². The molecular weight excluding hydrogens is 505 g/mol. The molecule has 0 saturated carbocycles. The lowest BCUT2D eigenvalue weighted by Crippen LogP contribution is -2.40. The van der Waals surface area contributed by atoms with Crippen LogP contribution in [0.25, 0.3) is 5.65 Å². The number of nitrogens with one attached hydrogen (secondary N) is 1. The number of aliphatic imine (C=N–C) groups is 1. The molecule has 8 heteroatoms. The molecular formula is C23H32IN5O2. The number of pyridine rings is 1. The third kappa shape index (κ3) is 6.25. The van der Waals surface area contributed by atoms with Crippen molar-refractivity contribution in [3.63, 3.8) is 0 Å². The number of fused-ring (bicyclic) bond motifs is 1. The van der Waals surface area contributed by atoms with Gasteiger partial charge in [0.25, 0.3) is 0 Å². The number of aryl methyl sites for hydroxylation is 1. The summed E-state index contributed by atoms with van der Waals surface area (Å²) in [5.41, 5.74) is 4.46. The molecule has 0 radical (unpaired) electrons. The summed E-state index contributed by atoms with van der Waals surface area (Å²) in [6.45, 7) is 3.69. The van der Waals surface area contributed by atoms with Crippen LogP contribution < -0.4 is 14.8 Å². The van der Waals surface area contributed by atoms with E-state index in [0.717, 1.165) is 54.7 Å². The zero-order valence-electron chi connectivity index (χ0n) is 18.9. The van der Waals surface area contributed by atoms with Gasteiger partial charge in [-0.25, -0.2) is 4.98 Å². The number of nitrogens with zero attached hydrogens (tertiary/aromatic N) is 4. The van der Waals surface area contributed by atoms with Crippen LogP contribution in [0.15, 0.2) is 47.7 Å². The minimum atomic E-state index is 0. The Labute approximate surface area is 201 Å². The van der Waals surface area contributed by atoms with Crippen LogP contribution in [0, 0.1) is 6.92 Å². The number of hydrogen-bond acceptors (Lipinski definition) is 4. The van der Waals surface area contributed by atoms with Crippen LogP contribution in [0.1, 0.15) is 16.8 Å². The fourth-order valence-electron chi connectivity index (χ4n) is 3.45. The lowest BCUT2D eigenvalue weighted by molar-refractivity contribution is 0.354. The first-order valence-corrected chi connectivity index (χ1v) is 10.1. The molecule has 0 fully saturated rings. The molecule has 168 valence electrons. The van der Waals surface area contributed by atoms with E-state index in [4.69, 9.17) is 14.5 Å². The number of methoxy groups -OCH3 is 2. The lowest BCUT2D eigenvalue weighted by atomic mass is 10.1. The number of likely N-dealkylation sites (N-methyl/N-ethyl adjacent to an activating group) is 1. The Bertz CT molecular complexity index is 1020. The number of rotatable bonds is 8. The molecule has 0 aliphatic carbocycles. The monoisotopic (exact) mass is 537 g/mol. The zero-order chi connectivity index (χ0) is 21.5. The number of imidazole rings is 1. The fourth-order valence-corrected chi connectivity index (χ4v) is 3.45. The van der Waals surface area contributed by atoms with Crippen molar-refractivity contribution in [1.82, 2.24) is 19.6 Å². The predicted molar refractivity (Wildman–Crippen MR) is 136 cm³/mol. The summed E-state index contributed by atoms with van der Waals surface area (Å²) in [5.74, 6) is 2.37. The zero-order valence-corrected chi connectivity index (χ0v) is 21.2. The van der Waals surface area contributed by atoms with Gasteiger partial charge in [-0.1, -0.05) is 12.1 Å². The maximum absolute atomic E-state index is 5.39. The second-order valence-corrected chi connectivity index (χ2v) is 7.24. The highest BCUT2D eigenvalue weighted by Gasteiger charge is 2.09. The predicted octanol–water partition coefficient (Wildman–Crippen LogP) is 3.57. The summed E-state index contributed by atoms with van der Waals surface area (Å²) in [6, 6.07) is 10.2. The number of benzene rings is 1. The molecule has 3 rings (SSSR count). The van der Waals surface area contributed by atoms with Gasteiger partial charge in [0, 0.05) is 46.0 Å². The molecule has 7 nitrogen and oxygen atoms in total. The first kappa shape index (κ1) is 24.8. The van der Waals surface area contributed by atoms with Crippen LogP contribution in [0.4, 0.5) is 0 Å². The van der Waals surface area contributed by atoms with Crippen molar-refractivity contribution in [2.75, 3.05) is 41.4 Å². The normalized spacial score (nSPS) is 11.2. The molecule has 2 heterocycles. The molecule has 1 aromatic carbocycles. The molecule has 0 atom stereocenters. The minimum absolute atomic E-state index is 0. The molecule has 0 aliphatic rings. The molecule has 1 N–H and O–H groups in total. The Morgan fingerprint density at radius 2 is 1.94 bits per heavy atom. The largest absolute Gasteiger partial charge is 0.493 e. The van der Waals surface area contributed by atoms with Gasteiger partial charge < -0.3 is 24.1 Å². The van der Waals surface area contributed by atoms with Crippen molar-refractivity contribution in [1.29, 1.82) is 0 Å². The van der Waals surface area contributed by atoms with Gasteiger partial charge in [0.2, 0.25) is 0 Å². The van der Waals surface area contributed by atoms with Gasteiger partial charge in [0.1, 0.15) is 5.65 Å². The molecule has 0 bridgehead atoms. The number of hydrogen-bond donors (Lipinski definition) is 1.